The minimum absolute atomic E-state index is 0.0144. The molecular formula is C21H28N2O3. The number of likely N-dealkylation sites (tertiary alicyclic amines) is 1. The molecule has 26 heavy (non-hydrogen) atoms. The maximum atomic E-state index is 12.7. The van der Waals surface area contributed by atoms with Crippen LogP contribution in [0.5, 0.6) is 5.75 Å². The van der Waals surface area contributed by atoms with Crippen molar-refractivity contribution in [3.05, 3.63) is 29.8 Å². The van der Waals surface area contributed by atoms with E-state index in [0.717, 1.165) is 49.8 Å². The molecule has 0 atom stereocenters. The van der Waals surface area contributed by atoms with Crippen molar-refractivity contribution in [2.45, 2.75) is 64.0 Å². The predicted molar refractivity (Wildman–Crippen MR) is 98.3 cm³/mol. The number of carbonyl (C=O) groups excluding carboxylic acids is 2. The van der Waals surface area contributed by atoms with Crippen LogP contribution in [0.15, 0.2) is 24.3 Å². The molecule has 2 N–H and O–H groups in total. The summed E-state index contributed by atoms with van der Waals surface area (Å²) in [4.78, 5) is 26.9. The zero-order valence-electron chi connectivity index (χ0n) is 15.5. The van der Waals surface area contributed by atoms with Gasteiger partial charge in [-0.3, -0.25) is 14.5 Å². The Labute approximate surface area is 154 Å². The number of amides is 2. The lowest BCUT2D eigenvalue weighted by molar-refractivity contribution is -0.167. The van der Waals surface area contributed by atoms with Gasteiger partial charge in [0.05, 0.1) is 13.7 Å². The van der Waals surface area contributed by atoms with Crippen LogP contribution in [-0.2, 0) is 16.1 Å². The quantitative estimate of drug-likeness (QED) is 0.845. The molecule has 0 radical (unpaired) electrons. The van der Waals surface area contributed by atoms with Gasteiger partial charge in [0.15, 0.2) is 0 Å². The number of carbonyl (C=O) groups is 2. The van der Waals surface area contributed by atoms with Gasteiger partial charge in [0, 0.05) is 18.9 Å². The lowest BCUT2D eigenvalue weighted by Crippen LogP contribution is -2.57. The first-order valence-corrected chi connectivity index (χ1v) is 9.64. The van der Waals surface area contributed by atoms with Crippen LogP contribution in [0, 0.1) is 10.8 Å². The first-order chi connectivity index (χ1) is 12.4. The summed E-state index contributed by atoms with van der Waals surface area (Å²) in [7, 11) is 1.62. The van der Waals surface area contributed by atoms with Gasteiger partial charge in [0.1, 0.15) is 5.75 Å². The maximum Gasteiger partial charge on any atom is 0.230 e. The number of piperidine rings is 1. The highest BCUT2D eigenvalue weighted by Crippen LogP contribution is 2.64. The fourth-order valence-electron chi connectivity index (χ4n) is 5.52. The molecule has 0 aromatic heterocycles. The van der Waals surface area contributed by atoms with Crippen LogP contribution in [0.3, 0.4) is 0 Å². The van der Waals surface area contributed by atoms with E-state index < -0.39 is 0 Å². The SMILES string of the molecule is COc1ccc(CN2C(=O)CC3(CC2=O)CC2(CCC(N)CC2)C3)cc1. The van der Waals surface area contributed by atoms with Crippen LogP contribution in [0.4, 0.5) is 0 Å². The van der Waals surface area contributed by atoms with Crippen molar-refractivity contribution >= 4 is 11.8 Å². The monoisotopic (exact) mass is 356 g/mol. The van der Waals surface area contributed by atoms with Crippen molar-refractivity contribution in [1.82, 2.24) is 4.90 Å². The fraction of sp³-hybridized carbons (Fsp3) is 0.619. The predicted octanol–water partition coefficient (Wildman–Crippen LogP) is 3.01. The summed E-state index contributed by atoms with van der Waals surface area (Å²) in [6, 6.07) is 7.88. The Balaban J connectivity index is 1.39. The summed E-state index contributed by atoms with van der Waals surface area (Å²) in [6.45, 7) is 0.359. The van der Waals surface area contributed by atoms with Gasteiger partial charge in [0.2, 0.25) is 11.8 Å². The second-order valence-electron chi connectivity index (χ2n) is 8.77. The van der Waals surface area contributed by atoms with E-state index in [1.165, 1.54) is 4.90 Å². The summed E-state index contributed by atoms with van der Waals surface area (Å²) in [5.74, 6) is 0.745. The number of ether oxygens (including phenoxy) is 1. The first-order valence-electron chi connectivity index (χ1n) is 9.64. The molecule has 2 amide bonds. The Bertz CT molecular complexity index is 676. The number of hydrogen-bond acceptors (Lipinski definition) is 4. The third kappa shape index (κ3) is 3.13. The molecule has 1 aliphatic heterocycles. The van der Waals surface area contributed by atoms with E-state index in [1.807, 2.05) is 24.3 Å². The highest BCUT2D eigenvalue weighted by atomic mass is 16.5. The molecule has 0 unspecified atom stereocenters. The topological polar surface area (TPSA) is 72.6 Å². The Morgan fingerprint density at radius 3 is 2.15 bits per heavy atom. The molecule has 3 aliphatic rings. The van der Waals surface area contributed by atoms with Gasteiger partial charge in [-0.1, -0.05) is 12.1 Å². The molecule has 1 heterocycles. The summed E-state index contributed by atoms with van der Waals surface area (Å²) in [5, 5.41) is 0. The molecule has 1 aromatic carbocycles. The van der Waals surface area contributed by atoms with E-state index in [1.54, 1.807) is 7.11 Å². The zero-order valence-corrected chi connectivity index (χ0v) is 15.5. The van der Waals surface area contributed by atoms with Crippen LogP contribution in [0.25, 0.3) is 0 Å². The second kappa shape index (κ2) is 6.38. The van der Waals surface area contributed by atoms with E-state index in [9.17, 15) is 9.59 Å². The summed E-state index contributed by atoms with van der Waals surface area (Å²) in [6.07, 6.45) is 7.58. The molecule has 2 saturated carbocycles. The van der Waals surface area contributed by atoms with E-state index in [0.29, 0.717) is 30.8 Å². The van der Waals surface area contributed by atoms with Gasteiger partial charge >= 0.3 is 0 Å². The zero-order chi connectivity index (χ0) is 18.4. The lowest BCUT2D eigenvalue weighted by Gasteiger charge is -2.60. The molecule has 1 aromatic rings. The van der Waals surface area contributed by atoms with Crippen molar-refractivity contribution in [1.29, 1.82) is 0 Å². The van der Waals surface area contributed by atoms with E-state index in [4.69, 9.17) is 10.5 Å². The molecule has 5 heteroatoms. The van der Waals surface area contributed by atoms with Crippen molar-refractivity contribution in [3.8, 4) is 5.75 Å². The summed E-state index contributed by atoms with van der Waals surface area (Å²) >= 11 is 0. The van der Waals surface area contributed by atoms with Gasteiger partial charge in [-0.05, 0) is 67.1 Å². The van der Waals surface area contributed by atoms with Crippen LogP contribution in [0.2, 0.25) is 0 Å². The smallest absolute Gasteiger partial charge is 0.230 e. The molecule has 0 bridgehead atoms. The standard InChI is InChI=1S/C21H28N2O3/c1-26-17-4-2-15(3-5-17)12-23-18(24)10-21(11-19(23)25)13-20(14-21)8-6-16(22)7-9-20/h2-5,16H,6-14,22H2,1H3. The molecule has 1 saturated heterocycles. The molecule has 2 aliphatic carbocycles. The number of imide groups is 1. The van der Waals surface area contributed by atoms with Crippen molar-refractivity contribution in [3.63, 3.8) is 0 Å². The van der Waals surface area contributed by atoms with Gasteiger partial charge in [-0.25, -0.2) is 0 Å². The van der Waals surface area contributed by atoms with Crippen LogP contribution >= 0.6 is 0 Å². The number of benzene rings is 1. The summed E-state index contributed by atoms with van der Waals surface area (Å²) in [5.41, 5.74) is 7.27. The molecular weight excluding hydrogens is 328 g/mol. The third-order valence-electron chi connectivity index (χ3n) is 6.75. The van der Waals surface area contributed by atoms with Crippen LogP contribution in [-0.4, -0.2) is 29.9 Å². The minimum Gasteiger partial charge on any atom is -0.497 e. The van der Waals surface area contributed by atoms with Gasteiger partial charge in [0.25, 0.3) is 0 Å². The Morgan fingerprint density at radius 2 is 1.62 bits per heavy atom. The van der Waals surface area contributed by atoms with Gasteiger partial charge < -0.3 is 10.5 Å². The second-order valence-corrected chi connectivity index (χ2v) is 8.77. The number of hydrogen-bond donors (Lipinski definition) is 1. The van der Waals surface area contributed by atoms with Crippen LogP contribution < -0.4 is 10.5 Å². The molecule has 140 valence electrons. The maximum absolute atomic E-state index is 12.7. The largest absolute Gasteiger partial charge is 0.497 e. The van der Waals surface area contributed by atoms with Crippen molar-refractivity contribution in [2.24, 2.45) is 16.6 Å². The molecule has 2 spiro atoms. The minimum atomic E-state index is -0.0774. The normalized spacial score (nSPS) is 24.8. The average molecular weight is 356 g/mol. The van der Waals surface area contributed by atoms with Crippen molar-refractivity contribution in [2.75, 3.05) is 7.11 Å². The third-order valence-corrected chi connectivity index (χ3v) is 6.75. The number of nitrogens with zero attached hydrogens (tertiary/aromatic N) is 1. The lowest BCUT2D eigenvalue weighted by atomic mass is 9.45. The Morgan fingerprint density at radius 1 is 1.04 bits per heavy atom. The van der Waals surface area contributed by atoms with E-state index >= 15 is 0 Å². The number of rotatable bonds is 3. The van der Waals surface area contributed by atoms with E-state index in [2.05, 4.69) is 0 Å². The summed E-state index contributed by atoms with van der Waals surface area (Å²) < 4.78 is 5.16. The Hall–Kier alpha value is -1.88. The average Bonchev–Trinajstić information content (AvgIpc) is 2.60. The Kier molecular flexibility index (Phi) is 4.30. The number of nitrogens with two attached hydrogens (primary N) is 1. The fourth-order valence-corrected chi connectivity index (χ4v) is 5.52. The van der Waals surface area contributed by atoms with Crippen molar-refractivity contribution < 1.29 is 14.3 Å². The first kappa shape index (κ1) is 17.5. The number of methoxy groups -OCH3 is 1. The van der Waals surface area contributed by atoms with Gasteiger partial charge in [-0.15, -0.1) is 0 Å². The molecule has 3 fully saturated rings. The van der Waals surface area contributed by atoms with Crippen LogP contribution in [0.1, 0.15) is 56.9 Å². The highest BCUT2D eigenvalue weighted by Gasteiger charge is 2.58. The highest BCUT2D eigenvalue weighted by molar-refractivity contribution is 5.98. The van der Waals surface area contributed by atoms with Gasteiger partial charge in [-0.2, -0.15) is 0 Å². The molecule has 4 rings (SSSR count). The van der Waals surface area contributed by atoms with E-state index in [-0.39, 0.29) is 17.2 Å². The molecule has 5 nitrogen and oxygen atoms in total.